The maximum absolute atomic E-state index is 9.05. The molecule has 1 aromatic carbocycles. The van der Waals surface area contributed by atoms with Crippen LogP contribution >= 0.6 is 0 Å². The van der Waals surface area contributed by atoms with Crippen LogP contribution in [0.3, 0.4) is 0 Å². The van der Waals surface area contributed by atoms with Crippen LogP contribution in [0, 0.1) is 5.92 Å². The molecule has 1 aliphatic heterocycles. The van der Waals surface area contributed by atoms with Gasteiger partial charge in [0.1, 0.15) is 32.2 Å². The largest absolute Gasteiger partial charge is 0.492 e. The monoisotopic (exact) mass is 492 g/mol. The van der Waals surface area contributed by atoms with Gasteiger partial charge < -0.3 is 38.8 Å². The highest BCUT2D eigenvalue weighted by molar-refractivity contribution is 5.98. The second-order valence-electron chi connectivity index (χ2n) is 7.78. The van der Waals surface area contributed by atoms with Gasteiger partial charge >= 0.3 is 0 Å². The third kappa shape index (κ3) is 9.87. The lowest BCUT2D eigenvalue weighted by molar-refractivity contribution is 0.0410. The zero-order chi connectivity index (χ0) is 25.5. The number of fused-ring (bicyclic) bond motifs is 1. The second kappa shape index (κ2) is 15.6. The normalized spacial score (nSPS) is 20.9. The lowest BCUT2D eigenvalue weighted by atomic mass is 10.1. The van der Waals surface area contributed by atoms with Crippen molar-refractivity contribution in [2.24, 2.45) is 16.2 Å². The minimum atomic E-state index is -0.0625. The van der Waals surface area contributed by atoms with Crippen molar-refractivity contribution in [1.29, 1.82) is 0 Å². The number of benzene rings is 1. The van der Waals surface area contributed by atoms with Crippen molar-refractivity contribution in [3.8, 4) is 11.5 Å². The maximum atomic E-state index is 9.05. The van der Waals surface area contributed by atoms with E-state index in [4.69, 9.17) is 38.8 Å². The van der Waals surface area contributed by atoms with Gasteiger partial charge in [-0.1, -0.05) is 23.3 Å². The third-order valence-electron chi connectivity index (χ3n) is 5.21. The standard InChI is InChI=1S/C25H36N2O8/c1-18(19(2)26-28)5-7-23-21(4)32-13-9-30-12-16-35-25-17-22(20(3)27-29)6-8-24(25)34-15-11-31-10-14-33-23/h5-8,17-18,28-29H,9-16H2,1-4H3/b7-5-,23-21+,26-19-,27-20-. The molecule has 0 amide bonds. The zero-order valence-electron chi connectivity index (χ0n) is 20.9. The summed E-state index contributed by atoms with van der Waals surface area (Å²) < 4.78 is 34.6. The van der Waals surface area contributed by atoms with Crippen molar-refractivity contribution in [3.05, 3.63) is 47.4 Å². The van der Waals surface area contributed by atoms with Gasteiger partial charge in [0.15, 0.2) is 17.3 Å². The topological polar surface area (TPSA) is 121 Å². The van der Waals surface area contributed by atoms with Crippen LogP contribution in [0.1, 0.15) is 33.3 Å². The van der Waals surface area contributed by atoms with Gasteiger partial charge in [0.2, 0.25) is 0 Å². The van der Waals surface area contributed by atoms with Crippen LogP contribution < -0.4 is 9.47 Å². The summed E-state index contributed by atoms with van der Waals surface area (Å²) in [5, 5.41) is 24.5. The summed E-state index contributed by atoms with van der Waals surface area (Å²) in [5.74, 6) is 2.20. The average Bonchev–Trinajstić information content (AvgIpc) is 2.87. The lowest BCUT2D eigenvalue weighted by Gasteiger charge is -2.16. The Balaban J connectivity index is 2.03. The fourth-order valence-corrected chi connectivity index (χ4v) is 2.91. The Bertz CT molecular complexity index is 911. The zero-order valence-corrected chi connectivity index (χ0v) is 20.9. The van der Waals surface area contributed by atoms with Gasteiger partial charge in [0.05, 0.1) is 37.9 Å². The quantitative estimate of drug-likeness (QED) is 0.368. The molecule has 0 radical (unpaired) electrons. The Morgan fingerprint density at radius 2 is 1.43 bits per heavy atom. The van der Waals surface area contributed by atoms with E-state index >= 15 is 0 Å². The molecule has 0 aromatic heterocycles. The van der Waals surface area contributed by atoms with Crippen molar-refractivity contribution < 1.29 is 38.8 Å². The average molecular weight is 493 g/mol. The molecule has 194 valence electrons. The van der Waals surface area contributed by atoms with Crippen molar-refractivity contribution in [1.82, 2.24) is 0 Å². The van der Waals surface area contributed by atoms with Crippen molar-refractivity contribution in [2.45, 2.75) is 27.7 Å². The highest BCUT2D eigenvalue weighted by atomic mass is 16.6. The Morgan fingerprint density at radius 3 is 2.06 bits per heavy atom. The molecule has 1 atom stereocenters. The third-order valence-corrected chi connectivity index (χ3v) is 5.21. The highest BCUT2D eigenvalue weighted by Crippen LogP contribution is 2.29. The van der Waals surface area contributed by atoms with Crippen molar-refractivity contribution >= 4 is 11.4 Å². The molecule has 1 aliphatic rings. The maximum Gasteiger partial charge on any atom is 0.161 e. The van der Waals surface area contributed by atoms with Gasteiger partial charge in [-0.3, -0.25) is 0 Å². The molecule has 0 spiro atoms. The first-order chi connectivity index (χ1) is 17.0. The first-order valence-corrected chi connectivity index (χ1v) is 11.5. The van der Waals surface area contributed by atoms with Crippen LogP contribution in [-0.4, -0.2) is 74.7 Å². The minimum Gasteiger partial charge on any atom is -0.492 e. The number of rotatable bonds is 4. The predicted molar refractivity (Wildman–Crippen MR) is 131 cm³/mol. The number of hydrogen-bond donors (Lipinski definition) is 2. The van der Waals surface area contributed by atoms with E-state index in [0.717, 1.165) is 5.56 Å². The first kappa shape index (κ1) is 28.0. The van der Waals surface area contributed by atoms with Crippen molar-refractivity contribution in [3.63, 3.8) is 0 Å². The molecule has 0 bridgehead atoms. The van der Waals surface area contributed by atoms with Gasteiger partial charge in [0, 0.05) is 11.5 Å². The second-order valence-corrected chi connectivity index (χ2v) is 7.78. The lowest BCUT2D eigenvalue weighted by Crippen LogP contribution is -2.14. The highest BCUT2D eigenvalue weighted by Gasteiger charge is 2.10. The summed E-state index contributed by atoms with van der Waals surface area (Å²) in [6.07, 6.45) is 3.68. The summed E-state index contributed by atoms with van der Waals surface area (Å²) in [7, 11) is 0. The molecule has 2 N–H and O–H groups in total. The van der Waals surface area contributed by atoms with Crippen LogP contribution in [0.25, 0.3) is 0 Å². The molecule has 1 unspecified atom stereocenters. The van der Waals surface area contributed by atoms with Gasteiger partial charge in [-0.25, -0.2) is 0 Å². The molecule has 0 saturated carbocycles. The Labute approximate surface area is 206 Å². The fourth-order valence-electron chi connectivity index (χ4n) is 2.91. The van der Waals surface area contributed by atoms with E-state index in [1.54, 1.807) is 38.1 Å². The van der Waals surface area contributed by atoms with E-state index in [1.165, 1.54) is 0 Å². The van der Waals surface area contributed by atoms with Crippen LogP contribution in [0.15, 0.2) is 52.2 Å². The number of nitrogens with zero attached hydrogens (tertiary/aromatic N) is 2. The summed E-state index contributed by atoms with van der Waals surface area (Å²) in [5.41, 5.74) is 1.78. The van der Waals surface area contributed by atoms with Crippen molar-refractivity contribution in [2.75, 3.05) is 52.9 Å². The summed E-state index contributed by atoms with van der Waals surface area (Å²) in [6, 6.07) is 5.33. The summed E-state index contributed by atoms with van der Waals surface area (Å²) in [4.78, 5) is 0. The molecule has 1 aromatic rings. The smallest absolute Gasteiger partial charge is 0.161 e. The summed E-state index contributed by atoms with van der Waals surface area (Å²) in [6.45, 7) is 9.91. The molecule has 35 heavy (non-hydrogen) atoms. The van der Waals surface area contributed by atoms with Gasteiger partial charge in [0.25, 0.3) is 0 Å². The van der Waals surface area contributed by atoms with Gasteiger partial charge in [-0.2, -0.15) is 0 Å². The molecule has 0 saturated heterocycles. The molecule has 0 fully saturated rings. The van der Waals surface area contributed by atoms with E-state index in [9.17, 15) is 0 Å². The first-order valence-electron chi connectivity index (χ1n) is 11.5. The van der Waals surface area contributed by atoms with Gasteiger partial charge in [-0.05, 0) is 45.0 Å². The summed E-state index contributed by atoms with van der Waals surface area (Å²) >= 11 is 0. The Hall–Kier alpha value is -3.24. The molecular formula is C25H36N2O8. The van der Waals surface area contributed by atoms with Crippen LogP contribution in [0.4, 0.5) is 0 Å². The molecule has 1 heterocycles. The van der Waals surface area contributed by atoms with E-state index < -0.39 is 0 Å². The minimum absolute atomic E-state index is 0.0625. The number of allylic oxidation sites excluding steroid dienone is 3. The Kier molecular flexibility index (Phi) is 12.5. The fraction of sp³-hybridized carbons (Fsp3) is 0.520. The van der Waals surface area contributed by atoms with Gasteiger partial charge in [-0.15, -0.1) is 0 Å². The molecule has 10 heteroatoms. The molecule has 10 nitrogen and oxygen atoms in total. The predicted octanol–water partition coefficient (Wildman–Crippen LogP) is 4.00. The van der Waals surface area contributed by atoms with E-state index in [1.807, 2.05) is 19.9 Å². The molecular weight excluding hydrogens is 456 g/mol. The molecule has 2 rings (SSSR count). The SMILES string of the molecule is C/C(=N/O)c1ccc2c(c1)OCCOCCO/C(C)=C(\C=C/C(C)/C(C)=N\O)OCCOCCO2. The molecule has 0 aliphatic carbocycles. The van der Waals surface area contributed by atoms with E-state index in [0.29, 0.717) is 87.3 Å². The number of oxime groups is 2. The Morgan fingerprint density at radius 1 is 0.829 bits per heavy atom. The number of hydrogen-bond acceptors (Lipinski definition) is 10. The van der Waals surface area contributed by atoms with E-state index in [-0.39, 0.29) is 5.92 Å². The van der Waals surface area contributed by atoms with Crippen LogP contribution in [0.2, 0.25) is 0 Å². The van der Waals surface area contributed by atoms with E-state index in [2.05, 4.69) is 10.3 Å². The number of ether oxygens (including phenoxy) is 6. The van der Waals surface area contributed by atoms with Crippen LogP contribution in [-0.2, 0) is 18.9 Å². The van der Waals surface area contributed by atoms with Crippen LogP contribution in [0.5, 0.6) is 11.5 Å².